The quantitative estimate of drug-likeness (QED) is 0.190. The molecule has 14 heteroatoms. The Labute approximate surface area is 267 Å². The average molecular weight is 689 g/mol. The van der Waals surface area contributed by atoms with Crippen molar-refractivity contribution in [3.8, 4) is 6.01 Å². The smallest absolute Gasteiger partial charge is 0.451 e. The highest BCUT2D eigenvalue weighted by Crippen LogP contribution is 2.40. The van der Waals surface area contributed by atoms with Crippen LogP contribution < -0.4 is 10.1 Å². The lowest BCUT2D eigenvalue weighted by atomic mass is 9.88. The van der Waals surface area contributed by atoms with Gasteiger partial charge in [-0.3, -0.25) is 4.90 Å². The third-order valence-electron chi connectivity index (χ3n) is 7.55. The summed E-state index contributed by atoms with van der Waals surface area (Å²) in [5.41, 5.74) is -0.495. The van der Waals surface area contributed by atoms with Gasteiger partial charge in [0.1, 0.15) is 23.5 Å². The molecule has 0 saturated carbocycles. The molecule has 0 bridgehead atoms. The van der Waals surface area contributed by atoms with E-state index in [9.17, 15) is 4.79 Å². The van der Waals surface area contributed by atoms with Gasteiger partial charge in [0.05, 0.1) is 15.9 Å². The summed E-state index contributed by atoms with van der Waals surface area (Å²) in [6, 6.07) is 1.60. The van der Waals surface area contributed by atoms with Gasteiger partial charge in [-0.1, -0.05) is 31.9 Å². The Morgan fingerprint density at radius 3 is 2.47 bits per heavy atom. The highest BCUT2D eigenvalue weighted by atomic mass is 79.9. The van der Waals surface area contributed by atoms with Gasteiger partial charge in [0, 0.05) is 24.1 Å². The maximum atomic E-state index is 15.1. The maximum absolute atomic E-state index is 15.1. The van der Waals surface area contributed by atoms with Crippen molar-refractivity contribution < 1.29 is 28.7 Å². The van der Waals surface area contributed by atoms with Gasteiger partial charge < -0.3 is 29.7 Å². The van der Waals surface area contributed by atoms with Crippen molar-refractivity contribution in [3.63, 3.8) is 0 Å². The largest absolute Gasteiger partial charge is 0.461 e. The predicted molar refractivity (Wildman–Crippen MR) is 172 cm³/mol. The molecule has 2 saturated heterocycles. The van der Waals surface area contributed by atoms with E-state index < -0.39 is 18.5 Å². The molecule has 0 radical (unpaired) electrons. The molecule has 1 aromatic carbocycles. The monoisotopic (exact) mass is 687 g/mol. The molecule has 43 heavy (non-hydrogen) atoms. The lowest BCUT2D eigenvalue weighted by molar-refractivity contribution is 0.0255. The first-order chi connectivity index (χ1) is 20.3. The van der Waals surface area contributed by atoms with E-state index in [1.54, 1.807) is 11.8 Å². The van der Waals surface area contributed by atoms with E-state index in [1.165, 1.54) is 6.07 Å². The number of hydrogen-bond acceptors (Lipinski definition) is 9. The summed E-state index contributed by atoms with van der Waals surface area (Å²) in [5, 5.41) is 19.6. The van der Waals surface area contributed by atoms with Crippen molar-refractivity contribution in [2.24, 2.45) is 0 Å². The highest BCUT2D eigenvalue weighted by molar-refractivity contribution is 9.10. The molecule has 0 atom stereocenters. The zero-order valence-electron chi connectivity index (χ0n) is 25.9. The Balaban J connectivity index is 0.000000934. The van der Waals surface area contributed by atoms with E-state index in [4.69, 9.17) is 31.1 Å². The summed E-state index contributed by atoms with van der Waals surface area (Å²) in [7, 11) is -1.12. The summed E-state index contributed by atoms with van der Waals surface area (Å²) < 4.78 is 27.4. The van der Waals surface area contributed by atoms with E-state index in [-0.39, 0.29) is 28.2 Å². The Bertz CT molecular complexity index is 1230. The van der Waals surface area contributed by atoms with Crippen LogP contribution in [0.25, 0.3) is 10.9 Å². The first-order valence-corrected chi connectivity index (χ1v) is 16.3. The minimum atomic E-state index is -1.12. The molecule has 240 valence electrons. The summed E-state index contributed by atoms with van der Waals surface area (Å²) in [6.45, 7) is 13.3. The number of amides is 1. The van der Waals surface area contributed by atoms with E-state index in [0.717, 1.165) is 51.6 Å². The number of unbranched alkanes of at least 4 members (excludes halogenated alkanes) is 1. The molecule has 2 aliphatic heterocycles. The first-order valence-electron chi connectivity index (χ1n) is 15.1. The molecule has 2 aromatic rings. The fourth-order valence-corrected chi connectivity index (χ4v) is 6.25. The van der Waals surface area contributed by atoms with Crippen LogP contribution in [0.5, 0.6) is 6.01 Å². The second-order valence-electron chi connectivity index (χ2n) is 12.1. The Hall–Kier alpha value is -1.93. The summed E-state index contributed by atoms with van der Waals surface area (Å²) in [5.74, 6) is -0.209. The number of benzene rings is 1. The SMILES string of the molecule is CCB(O)O.CCCCN(CCNc1nc(OCC23CCCN2CCC3)nc2c(F)c(Cl)cc(Br)c12)C(=O)OC(C)(C)C. The number of nitrogens with zero attached hydrogens (tertiary/aromatic N) is 4. The third-order valence-corrected chi connectivity index (χ3v) is 8.45. The first kappa shape index (κ1) is 35.6. The lowest BCUT2D eigenvalue weighted by Gasteiger charge is -2.31. The number of hydrogen-bond donors (Lipinski definition) is 3. The number of nitrogens with one attached hydrogen (secondary N) is 1. The average Bonchev–Trinajstić information content (AvgIpc) is 3.52. The molecule has 1 amide bonds. The number of aromatic nitrogens is 2. The molecule has 0 aliphatic carbocycles. The molecule has 0 spiro atoms. The van der Waals surface area contributed by atoms with Crippen LogP contribution in [0.4, 0.5) is 15.0 Å². The van der Waals surface area contributed by atoms with Crippen molar-refractivity contribution in [2.45, 2.75) is 90.6 Å². The minimum absolute atomic E-state index is 0.00651. The number of anilines is 1. The van der Waals surface area contributed by atoms with Crippen LogP contribution in [-0.2, 0) is 4.74 Å². The number of ether oxygens (including phenoxy) is 2. The van der Waals surface area contributed by atoms with Gasteiger partial charge in [0.15, 0.2) is 5.82 Å². The summed E-state index contributed by atoms with van der Waals surface area (Å²) >= 11 is 9.64. The molecule has 2 aliphatic rings. The van der Waals surface area contributed by atoms with Gasteiger partial charge in [0.25, 0.3) is 0 Å². The van der Waals surface area contributed by atoms with Crippen molar-refractivity contribution >= 4 is 57.5 Å². The Morgan fingerprint density at radius 1 is 1.23 bits per heavy atom. The van der Waals surface area contributed by atoms with E-state index in [1.807, 2.05) is 20.8 Å². The van der Waals surface area contributed by atoms with Gasteiger partial charge in [0.2, 0.25) is 0 Å². The zero-order chi connectivity index (χ0) is 31.8. The van der Waals surface area contributed by atoms with Crippen LogP contribution in [-0.4, -0.2) is 93.5 Å². The van der Waals surface area contributed by atoms with Crippen LogP contribution in [0.1, 0.15) is 73.1 Å². The molecule has 1 aromatic heterocycles. The van der Waals surface area contributed by atoms with Gasteiger partial charge in [-0.2, -0.15) is 9.97 Å². The van der Waals surface area contributed by atoms with Crippen LogP contribution in [0.3, 0.4) is 0 Å². The van der Waals surface area contributed by atoms with Crippen LogP contribution in [0.2, 0.25) is 11.3 Å². The number of halogens is 3. The topological polar surface area (TPSA) is 120 Å². The van der Waals surface area contributed by atoms with E-state index in [2.05, 4.69) is 43.0 Å². The van der Waals surface area contributed by atoms with Gasteiger partial charge in [-0.05, 0) is 94.3 Å². The van der Waals surface area contributed by atoms with E-state index >= 15 is 4.39 Å². The fourth-order valence-electron chi connectivity index (χ4n) is 5.32. The van der Waals surface area contributed by atoms with E-state index in [0.29, 0.717) is 48.2 Å². The normalized spacial score (nSPS) is 16.0. The lowest BCUT2D eigenvalue weighted by Crippen LogP contribution is -2.43. The fraction of sp³-hybridized carbons (Fsp3) is 0.690. The second kappa shape index (κ2) is 15.9. The molecule has 10 nitrogen and oxygen atoms in total. The third kappa shape index (κ3) is 9.78. The Kier molecular flexibility index (Phi) is 13.1. The van der Waals surface area contributed by atoms with Crippen molar-refractivity contribution in [1.82, 2.24) is 19.8 Å². The van der Waals surface area contributed by atoms with Crippen LogP contribution in [0.15, 0.2) is 10.5 Å². The number of fused-ring (bicyclic) bond motifs is 2. The molecular formula is C29H45BBrClFN5O5. The number of rotatable bonds is 11. The standard InChI is InChI=1S/C27H38BrClFN5O3.C2H7BO2/c1-5-6-12-34(25(36)38-26(2,3)4)15-11-31-23-20-18(28)16-19(29)21(30)22(20)32-24(33-23)37-17-27-9-7-13-35(27)14-8-10-27;1-2-3(4)5/h16H,5-15,17H2,1-4H3,(H,31,32,33);4-5H,2H2,1H3. The molecule has 0 unspecified atom stereocenters. The zero-order valence-corrected chi connectivity index (χ0v) is 28.2. The number of carbonyl (C=O) groups is 1. The van der Waals surface area contributed by atoms with Crippen LogP contribution >= 0.6 is 27.5 Å². The highest BCUT2D eigenvalue weighted by Gasteiger charge is 2.45. The predicted octanol–water partition coefficient (Wildman–Crippen LogP) is 6.12. The summed E-state index contributed by atoms with van der Waals surface area (Å²) in [6.07, 6.45) is 6.33. The molecular weight excluding hydrogens is 644 g/mol. The molecule has 4 rings (SSSR count). The second-order valence-corrected chi connectivity index (χ2v) is 13.3. The summed E-state index contributed by atoms with van der Waals surface area (Å²) in [4.78, 5) is 26.0. The molecule has 2 fully saturated rings. The molecule has 3 heterocycles. The van der Waals surface area contributed by atoms with Crippen molar-refractivity contribution in [2.75, 3.05) is 44.6 Å². The van der Waals surface area contributed by atoms with Gasteiger partial charge in [-0.25, -0.2) is 9.18 Å². The number of carbonyl (C=O) groups excluding carboxylic acids is 1. The van der Waals surface area contributed by atoms with Crippen molar-refractivity contribution in [1.29, 1.82) is 0 Å². The van der Waals surface area contributed by atoms with Crippen LogP contribution in [0, 0.1) is 5.82 Å². The van der Waals surface area contributed by atoms with Gasteiger partial charge >= 0.3 is 19.2 Å². The van der Waals surface area contributed by atoms with Gasteiger partial charge in [-0.15, -0.1) is 0 Å². The molecule has 3 N–H and O–H groups in total. The van der Waals surface area contributed by atoms with Crippen molar-refractivity contribution in [3.05, 3.63) is 21.4 Å². The Morgan fingerprint density at radius 2 is 1.88 bits per heavy atom. The maximum Gasteiger partial charge on any atom is 0.451 e. The minimum Gasteiger partial charge on any atom is -0.461 e.